The Labute approximate surface area is 169 Å². The van der Waals surface area contributed by atoms with Crippen LogP contribution in [0.5, 0.6) is 5.88 Å². The van der Waals surface area contributed by atoms with Crippen LogP contribution in [0.15, 0.2) is 12.3 Å². The molecule has 1 aliphatic rings. The molecule has 1 amide bonds. The maximum Gasteiger partial charge on any atom is 0.256 e. The average Bonchev–Trinajstić information content (AvgIpc) is 3.25. The minimum atomic E-state index is 0.0117. The first-order valence-corrected chi connectivity index (χ1v) is 9.72. The van der Waals surface area contributed by atoms with Crippen LogP contribution in [0.2, 0.25) is 0 Å². The molecule has 9 heteroatoms. The van der Waals surface area contributed by atoms with E-state index in [0.717, 1.165) is 28.1 Å². The second kappa shape index (κ2) is 7.31. The summed E-state index contributed by atoms with van der Waals surface area (Å²) in [7, 11) is 3.45. The predicted molar refractivity (Wildman–Crippen MR) is 109 cm³/mol. The van der Waals surface area contributed by atoms with E-state index in [0.29, 0.717) is 36.9 Å². The fourth-order valence-electron chi connectivity index (χ4n) is 3.47. The zero-order chi connectivity index (χ0) is 20.7. The quantitative estimate of drug-likeness (QED) is 0.685. The van der Waals surface area contributed by atoms with Gasteiger partial charge >= 0.3 is 0 Å². The molecule has 3 aromatic rings. The van der Waals surface area contributed by atoms with Gasteiger partial charge in [0.15, 0.2) is 5.65 Å². The molecule has 0 atom stereocenters. The van der Waals surface area contributed by atoms with Gasteiger partial charge in [-0.1, -0.05) is 13.8 Å². The first-order valence-electron chi connectivity index (χ1n) is 9.72. The number of nitrogens with one attached hydrogen (secondary N) is 1. The standard InChI is InChI=1S/C20H25N7O2/c1-6-27-10-15-13(20(27)28)7-12(19(23-15)29-5)8-21-17-14-9-22-26(4)18(14)25-16(24-17)11(2)3/h7,9,11H,6,8,10H2,1-5H3,(H,21,24,25). The smallest absolute Gasteiger partial charge is 0.256 e. The topological polar surface area (TPSA) is 98.1 Å². The van der Waals surface area contributed by atoms with Gasteiger partial charge in [-0.25, -0.2) is 15.0 Å². The molecule has 4 rings (SSSR count). The minimum absolute atomic E-state index is 0.0117. The minimum Gasteiger partial charge on any atom is -0.481 e. The van der Waals surface area contributed by atoms with Crippen LogP contribution in [0.25, 0.3) is 11.0 Å². The number of amides is 1. The maximum atomic E-state index is 12.5. The summed E-state index contributed by atoms with van der Waals surface area (Å²) in [5, 5.41) is 8.52. The summed E-state index contributed by atoms with van der Waals surface area (Å²) < 4.78 is 7.23. The number of nitrogens with zero attached hydrogens (tertiary/aromatic N) is 6. The van der Waals surface area contributed by atoms with Crippen LogP contribution in [0, 0.1) is 0 Å². The lowest BCUT2D eigenvalue weighted by molar-refractivity contribution is 0.0786. The van der Waals surface area contributed by atoms with E-state index in [1.54, 1.807) is 22.9 Å². The van der Waals surface area contributed by atoms with Crippen molar-refractivity contribution in [3.05, 3.63) is 34.9 Å². The number of carbonyl (C=O) groups excluding carboxylic acids is 1. The summed E-state index contributed by atoms with van der Waals surface area (Å²) in [6, 6.07) is 1.87. The van der Waals surface area contributed by atoms with Crippen LogP contribution >= 0.6 is 0 Å². The molecule has 0 bridgehead atoms. The molecule has 0 saturated carbocycles. The van der Waals surface area contributed by atoms with Crippen LogP contribution in [0.3, 0.4) is 0 Å². The first kappa shape index (κ1) is 19.1. The highest BCUT2D eigenvalue weighted by Gasteiger charge is 2.29. The van der Waals surface area contributed by atoms with Gasteiger partial charge in [0.2, 0.25) is 5.88 Å². The molecule has 3 aromatic heterocycles. The zero-order valence-electron chi connectivity index (χ0n) is 17.4. The molecule has 0 radical (unpaired) electrons. The third kappa shape index (κ3) is 3.26. The lowest BCUT2D eigenvalue weighted by atomic mass is 10.1. The Hall–Kier alpha value is -3.23. The molecule has 0 aliphatic carbocycles. The fourth-order valence-corrected chi connectivity index (χ4v) is 3.47. The van der Waals surface area contributed by atoms with Crippen molar-refractivity contribution in [2.75, 3.05) is 19.0 Å². The van der Waals surface area contributed by atoms with E-state index in [1.807, 2.05) is 20.0 Å². The maximum absolute atomic E-state index is 12.5. The summed E-state index contributed by atoms with van der Waals surface area (Å²) in [6.45, 7) is 7.67. The largest absolute Gasteiger partial charge is 0.481 e. The summed E-state index contributed by atoms with van der Waals surface area (Å²) in [6.07, 6.45) is 1.75. The Bertz CT molecular complexity index is 1090. The van der Waals surface area contributed by atoms with Crippen LogP contribution in [-0.4, -0.2) is 49.2 Å². The van der Waals surface area contributed by atoms with Crippen molar-refractivity contribution in [3.8, 4) is 5.88 Å². The van der Waals surface area contributed by atoms with Crippen LogP contribution in [0.4, 0.5) is 5.82 Å². The van der Waals surface area contributed by atoms with Crippen LogP contribution < -0.4 is 10.1 Å². The molecule has 0 aromatic carbocycles. The van der Waals surface area contributed by atoms with E-state index < -0.39 is 0 Å². The van der Waals surface area contributed by atoms with Crippen LogP contribution in [-0.2, 0) is 20.1 Å². The third-order valence-electron chi connectivity index (χ3n) is 5.15. The number of hydrogen-bond donors (Lipinski definition) is 1. The van der Waals surface area contributed by atoms with E-state index in [-0.39, 0.29) is 11.8 Å². The molecule has 152 valence electrons. The molecular weight excluding hydrogens is 370 g/mol. The Morgan fingerprint density at radius 1 is 1.28 bits per heavy atom. The predicted octanol–water partition coefficient (Wildman–Crippen LogP) is 2.48. The van der Waals surface area contributed by atoms with E-state index in [1.165, 1.54) is 0 Å². The Kier molecular flexibility index (Phi) is 4.81. The molecular formula is C20H25N7O2. The van der Waals surface area contributed by atoms with Gasteiger partial charge in [-0.2, -0.15) is 5.10 Å². The van der Waals surface area contributed by atoms with Crippen molar-refractivity contribution >= 4 is 22.8 Å². The molecule has 9 nitrogen and oxygen atoms in total. The highest BCUT2D eigenvalue weighted by atomic mass is 16.5. The number of aryl methyl sites for hydroxylation is 1. The van der Waals surface area contributed by atoms with E-state index in [4.69, 9.17) is 4.74 Å². The SMILES string of the molecule is CCN1Cc2nc(OC)c(CNc3nc(C(C)C)nc4c3cnn4C)cc2C1=O. The molecule has 0 saturated heterocycles. The van der Waals surface area contributed by atoms with Gasteiger partial charge in [-0.15, -0.1) is 0 Å². The number of aromatic nitrogens is 5. The number of pyridine rings is 1. The summed E-state index contributed by atoms with van der Waals surface area (Å²) in [5.74, 6) is 2.16. The summed E-state index contributed by atoms with van der Waals surface area (Å²) in [4.78, 5) is 28.2. The van der Waals surface area contributed by atoms with Crippen molar-refractivity contribution in [2.24, 2.45) is 7.05 Å². The second-order valence-electron chi connectivity index (χ2n) is 7.41. The van der Waals surface area contributed by atoms with Crippen molar-refractivity contribution in [2.45, 2.75) is 39.8 Å². The molecule has 0 fully saturated rings. The normalized spacial score (nSPS) is 13.4. The molecule has 0 unspecified atom stereocenters. The van der Waals surface area contributed by atoms with Crippen molar-refractivity contribution in [1.29, 1.82) is 0 Å². The number of fused-ring (bicyclic) bond motifs is 2. The van der Waals surface area contributed by atoms with E-state index >= 15 is 0 Å². The summed E-state index contributed by atoms with van der Waals surface area (Å²) in [5.41, 5.74) is 2.98. The molecule has 1 aliphatic heterocycles. The summed E-state index contributed by atoms with van der Waals surface area (Å²) >= 11 is 0. The number of hydrogen-bond acceptors (Lipinski definition) is 7. The monoisotopic (exact) mass is 395 g/mol. The number of carbonyl (C=O) groups is 1. The molecule has 0 spiro atoms. The Morgan fingerprint density at radius 3 is 2.76 bits per heavy atom. The third-order valence-corrected chi connectivity index (χ3v) is 5.15. The number of ether oxygens (including phenoxy) is 1. The number of anilines is 1. The average molecular weight is 395 g/mol. The molecule has 4 heterocycles. The van der Waals surface area contributed by atoms with Gasteiger partial charge in [0, 0.05) is 31.6 Å². The lowest BCUT2D eigenvalue weighted by Gasteiger charge is -2.13. The van der Waals surface area contributed by atoms with Gasteiger partial charge in [0.1, 0.15) is 11.6 Å². The first-order chi connectivity index (χ1) is 13.9. The van der Waals surface area contributed by atoms with Crippen LogP contribution in [0.1, 0.15) is 54.1 Å². The van der Waals surface area contributed by atoms with Crippen molar-refractivity contribution < 1.29 is 9.53 Å². The number of rotatable bonds is 6. The van der Waals surface area contributed by atoms with Gasteiger partial charge in [0.05, 0.1) is 36.5 Å². The van der Waals surface area contributed by atoms with Gasteiger partial charge < -0.3 is 15.0 Å². The van der Waals surface area contributed by atoms with Crippen molar-refractivity contribution in [3.63, 3.8) is 0 Å². The molecule has 1 N–H and O–H groups in total. The highest BCUT2D eigenvalue weighted by molar-refractivity contribution is 5.98. The Balaban J connectivity index is 1.68. The van der Waals surface area contributed by atoms with E-state index in [9.17, 15) is 4.79 Å². The van der Waals surface area contributed by atoms with Gasteiger partial charge in [-0.3, -0.25) is 9.48 Å². The number of methoxy groups -OCH3 is 1. The second-order valence-corrected chi connectivity index (χ2v) is 7.41. The Morgan fingerprint density at radius 2 is 2.07 bits per heavy atom. The molecule has 29 heavy (non-hydrogen) atoms. The fraction of sp³-hybridized carbons (Fsp3) is 0.450. The highest BCUT2D eigenvalue weighted by Crippen LogP contribution is 2.28. The van der Waals surface area contributed by atoms with E-state index in [2.05, 4.69) is 39.2 Å². The zero-order valence-corrected chi connectivity index (χ0v) is 17.4. The van der Waals surface area contributed by atoms with Crippen molar-refractivity contribution in [1.82, 2.24) is 29.6 Å². The van der Waals surface area contributed by atoms with Gasteiger partial charge in [0.25, 0.3) is 5.91 Å². The lowest BCUT2D eigenvalue weighted by Crippen LogP contribution is -2.23. The van der Waals surface area contributed by atoms with Gasteiger partial charge in [-0.05, 0) is 13.0 Å².